The summed E-state index contributed by atoms with van der Waals surface area (Å²) >= 11 is 11.1. The van der Waals surface area contributed by atoms with Crippen LogP contribution in [-0.2, 0) is 5.06 Å². The van der Waals surface area contributed by atoms with Gasteiger partial charge < -0.3 is 5.11 Å². The maximum atomic E-state index is 9.43. The molecule has 1 aromatic carbocycles. The lowest BCUT2D eigenvalue weighted by atomic mass is 10.1. The Hall–Kier alpha value is -0.240. The fourth-order valence-corrected chi connectivity index (χ4v) is 1.05. The van der Waals surface area contributed by atoms with Crippen molar-refractivity contribution in [2.75, 3.05) is 5.88 Å². The van der Waals surface area contributed by atoms with Crippen LogP contribution in [-0.4, -0.2) is 11.0 Å². The smallest absolute Gasteiger partial charge is 0.177 e. The molecule has 0 aliphatic rings. The summed E-state index contributed by atoms with van der Waals surface area (Å²) in [5.41, 5.74) is 0.622. The molecule has 1 unspecified atom stereocenters. The second-order valence-electron chi connectivity index (χ2n) is 2.26. The van der Waals surface area contributed by atoms with E-state index < -0.39 is 5.06 Å². The third-order valence-corrected chi connectivity index (χ3v) is 2.27. The fraction of sp³-hybridized carbons (Fsp3) is 0.250. The molecule has 0 radical (unpaired) electrons. The van der Waals surface area contributed by atoms with E-state index in [9.17, 15) is 5.11 Å². The summed E-state index contributed by atoms with van der Waals surface area (Å²) in [6, 6.07) is 8.92. The van der Waals surface area contributed by atoms with Gasteiger partial charge in [0.1, 0.15) is 0 Å². The molecule has 1 nitrogen and oxygen atoms in total. The van der Waals surface area contributed by atoms with Gasteiger partial charge in [0, 0.05) is 0 Å². The first kappa shape index (κ1) is 8.85. The summed E-state index contributed by atoms with van der Waals surface area (Å²) in [5, 5.41) is 8.00. The standard InChI is InChI=1S/C8H8Cl2O/c9-6-8(10,11)7-4-2-1-3-5-7/h1-5,11H,6H2. The molecule has 0 bridgehead atoms. The van der Waals surface area contributed by atoms with Gasteiger partial charge >= 0.3 is 0 Å². The van der Waals surface area contributed by atoms with Crippen molar-refractivity contribution < 1.29 is 5.11 Å². The molecule has 0 heterocycles. The summed E-state index contributed by atoms with van der Waals surface area (Å²) in [6.07, 6.45) is 0. The third-order valence-electron chi connectivity index (χ3n) is 1.39. The van der Waals surface area contributed by atoms with Crippen molar-refractivity contribution in [1.82, 2.24) is 0 Å². The van der Waals surface area contributed by atoms with Gasteiger partial charge in [0.15, 0.2) is 5.06 Å². The summed E-state index contributed by atoms with van der Waals surface area (Å²) < 4.78 is 0. The zero-order valence-corrected chi connectivity index (χ0v) is 7.31. The molecular formula is C8H8Cl2O. The number of benzene rings is 1. The number of hydrogen-bond acceptors (Lipinski definition) is 1. The summed E-state index contributed by atoms with van der Waals surface area (Å²) in [6.45, 7) is 0. The highest BCUT2D eigenvalue weighted by Crippen LogP contribution is 2.26. The Balaban J connectivity index is 2.93. The van der Waals surface area contributed by atoms with Crippen molar-refractivity contribution >= 4 is 23.2 Å². The molecule has 0 saturated heterocycles. The lowest BCUT2D eigenvalue weighted by Crippen LogP contribution is -2.19. The Bertz CT molecular complexity index is 221. The normalized spacial score (nSPS) is 15.9. The molecule has 0 spiro atoms. The summed E-state index contributed by atoms with van der Waals surface area (Å²) in [7, 11) is 0. The van der Waals surface area contributed by atoms with Crippen LogP contribution in [0.15, 0.2) is 30.3 Å². The predicted molar refractivity (Wildman–Crippen MR) is 46.9 cm³/mol. The van der Waals surface area contributed by atoms with E-state index >= 15 is 0 Å². The van der Waals surface area contributed by atoms with Gasteiger partial charge in [0.05, 0.1) is 5.88 Å². The number of rotatable bonds is 2. The highest BCUT2D eigenvalue weighted by Gasteiger charge is 2.23. The average molecular weight is 191 g/mol. The van der Waals surface area contributed by atoms with E-state index in [1.54, 1.807) is 24.3 Å². The van der Waals surface area contributed by atoms with Crippen molar-refractivity contribution in [3.05, 3.63) is 35.9 Å². The van der Waals surface area contributed by atoms with Gasteiger partial charge in [-0.05, 0) is 5.56 Å². The van der Waals surface area contributed by atoms with E-state index in [1.165, 1.54) is 0 Å². The maximum absolute atomic E-state index is 9.43. The quantitative estimate of drug-likeness (QED) is 0.711. The van der Waals surface area contributed by atoms with E-state index in [-0.39, 0.29) is 5.88 Å². The van der Waals surface area contributed by atoms with Crippen LogP contribution in [0.1, 0.15) is 5.56 Å². The van der Waals surface area contributed by atoms with Gasteiger partial charge in [-0.3, -0.25) is 0 Å². The molecule has 0 aromatic heterocycles. The van der Waals surface area contributed by atoms with Crippen molar-refractivity contribution in [2.24, 2.45) is 0 Å². The lowest BCUT2D eigenvalue weighted by Gasteiger charge is -2.16. The van der Waals surface area contributed by atoms with Gasteiger partial charge in [0.25, 0.3) is 0 Å². The number of aliphatic hydroxyl groups is 1. The largest absolute Gasteiger partial charge is 0.370 e. The zero-order valence-electron chi connectivity index (χ0n) is 5.80. The minimum Gasteiger partial charge on any atom is -0.370 e. The second-order valence-corrected chi connectivity index (χ2v) is 3.15. The summed E-state index contributed by atoms with van der Waals surface area (Å²) in [4.78, 5) is 0. The highest BCUT2D eigenvalue weighted by molar-refractivity contribution is 6.29. The van der Waals surface area contributed by atoms with E-state index in [0.717, 1.165) is 0 Å². The Labute approximate surface area is 75.6 Å². The average Bonchev–Trinajstić information content (AvgIpc) is 2.06. The van der Waals surface area contributed by atoms with Crippen molar-refractivity contribution in [3.8, 4) is 0 Å². The number of hydrogen-bond donors (Lipinski definition) is 1. The molecule has 1 rings (SSSR count). The molecule has 1 atom stereocenters. The Kier molecular flexibility index (Phi) is 2.77. The first-order valence-corrected chi connectivity index (χ1v) is 4.11. The van der Waals surface area contributed by atoms with Crippen LogP contribution >= 0.6 is 23.2 Å². The Morgan fingerprint density at radius 1 is 1.27 bits per heavy atom. The first-order valence-electron chi connectivity index (χ1n) is 3.19. The van der Waals surface area contributed by atoms with Crippen LogP contribution in [0, 0.1) is 0 Å². The molecule has 1 aromatic rings. The van der Waals surface area contributed by atoms with Crippen LogP contribution in [0.2, 0.25) is 0 Å². The van der Waals surface area contributed by atoms with Crippen molar-refractivity contribution in [2.45, 2.75) is 5.06 Å². The van der Waals surface area contributed by atoms with Crippen LogP contribution in [0.25, 0.3) is 0 Å². The van der Waals surface area contributed by atoms with Gasteiger partial charge in [-0.1, -0.05) is 41.9 Å². The van der Waals surface area contributed by atoms with Crippen LogP contribution in [0.3, 0.4) is 0 Å². The molecular weight excluding hydrogens is 183 g/mol. The van der Waals surface area contributed by atoms with E-state index in [2.05, 4.69) is 0 Å². The third kappa shape index (κ3) is 2.09. The highest BCUT2D eigenvalue weighted by atomic mass is 35.5. The molecule has 3 heteroatoms. The zero-order chi connectivity index (χ0) is 8.32. The monoisotopic (exact) mass is 190 g/mol. The van der Waals surface area contributed by atoms with Gasteiger partial charge in [0.2, 0.25) is 0 Å². The van der Waals surface area contributed by atoms with E-state index in [1.807, 2.05) is 6.07 Å². The van der Waals surface area contributed by atoms with Gasteiger partial charge in [-0.15, -0.1) is 11.6 Å². The van der Waals surface area contributed by atoms with E-state index in [4.69, 9.17) is 23.2 Å². The topological polar surface area (TPSA) is 20.2 Å². The Morgan fingerprint density at radius 2 is 1.82 bits per heavy atom. The van der Waals surface area contributed by atoms with Crippen molar-refractivity contribution in [1.29, 1.82) is 0 Å². The number of halogens is 2. The number of alkyl halides is 2. The molecule has 11 heavy (non-hydrogen) atoms. The molecule has 1 N–H and O–H groups in total. The van der Waals surface area contributed by atoms with Crippen molar-refractivity contribution in [3.63, 3.8) is 0 Å². The van der Waals surface area contributed by atoms with Crippen LogP contribution in [0.4, 0.5) is 0 Å². The maximum Gasteiger partial charge on any atom is 0.177 e. The van der Waals surface area contributed by atoms with E-state index in [0.29, 0.717) is 5.56 Å². The summed E-state index contributed by atoms with van der Waals surface area (Å²) in [5.74, 6) is -0.0153. The molecule has 0 fully saturated rings. The van der Waals surface area contributed by atoms with Gasteiger partial charge in [-0.25, -0.2) is 0 Å². The molecule has 0 aliphatic carbocycles. The minimum atomic E-state index is -1.43. The lowest BCUT2D eigenvalue weighted by molar-refractivity contribution is 0.154. The molecule has 0 amide bonds. The first-order chi connectivity index (χ1) is 5.17. The minimum absolute atomic E-state index is 0.0153. The van der Waals surface area contributed by atoms with Gasteiger partial charge in [-0.2, -0.15) is 0 Å². The molecule has 0 aliphatic heterocycles. The van der Waals surface area contributed by atoms with Crippen LogP contribution < -0.4 is 0 Å². The SMILES string of the molecule is OC(Cl)(CCl)c1ccccc1. The molecule has 0 saturated carbocycles. The fourth-order valence-electron chi connectivity index (χ4n) is 0.771. The molecule has 60 valence electrons. The van der Waals surface area contributed by atoms with Crippen LogP contribution in [0.5, 0.6) is 0 Å². The second kappa shape index (κ2) is 3.44. The predicted octanol–water partition coefficient (Wildman–Crippen LogP) is 2.31. The Morgan fingerprint density at radius 3 is 2.27 bits per heavy atom.